The second-order valence-electron chi connectivity index (χ2n) is 6.07. The quantitative estimate of drug-likeness (QED) is 0.780. The summed E-state index contributed by atoms with van der Waals surface area (Å²) in [4.78, 5) is 27.0. The monoisotopic (exact) mass is 282 g/mol. The van der Waals surface area contributed by atoms with Crippen molar-refractivity contribution in [2.45, 2.75) is 78.3 Å². The highest BCUT2D eigenvalue weighted by atomic mass is 16.2. The Kier molecular flexibility index (Phi) is 6.03. The van der Waals surface area contributed by atoms with Crippen molar-refractivity contribution < 1.29 is 9.59 Å². The molecule has 1 fully saturated rings. The number of piperazine rings is 1. The van der Waals surface area contributed by atoms with Crippen molar-refractivity contribution in [2.24, 2.45) is 5.92 Å². The Balaban J connectivity index is 3.02. The summed E-state index contributed by atoms with van der Waals surface area (Å²) in [5.74, 6) is 0.574. The molecule has 1 aliphatic rings. The minimum Gasteiger partial charge on any atom is -0.342 e. The number of hydrogen-bond donors (Lipinski definition) is 1. The Morgan fingerprint density at radius 3 is 2.25 bits per heavy atom. The Bertz CT molecular complexity index is 352. The van der Waals surface area contributed by atoms with Gasteiger partial charge in [-0.1, -0.05) is 47.0 Å². The molecular formula is C16H30N2O2. The van der Waals surface area contributed by atoms with Crippen LogP contribution in [0.2, 0.25) is 0 Å². The second kappa shape index (κ2) is 7.09. The van der Waals surface area contributed by atoms with Crippen molar-refractivity contribution >= 4 is 11.8 Å². The third-order valence-corrected chi connectivity index (χ3v) is 4.82. The van der Waals surface area contributed by atoms with Crippen LogP contribution in [-0.2, 0) is 9.59 Å². The zero-order chi connectivity index (χ0) is 15.3. The Hall–Kier alpha value is -1.06. The summed E-state index contributed by atoms with van der Waals surface area (Å²) >= 11 is 0. The van der Waals surface area contributed by atoms with Gasteiger partial charge in [-0.05, 0) is 25.7 Å². The molecule has 0 spiro atoms. The molecule has 2 atom stereocenters. The molecule has 1 N–H and O–H groups in total. The lowest BCUT2D eigenvalue weighted by Gasteiger charge is -2.47. The van der Waals surface area contributed by atoms with E-state index >= 15 is 0 Å². The van der Waals surface area contributed by atoms with E-state index in [9.17, 15) is 9.59 Å². The summed E-state index contributed by atoms with van der Waals surface area (Å²) in [7, 11) is 0. The van der Waals surface area contributed by atoms with E-state index in [1.54, 1.807) is 0 Å². The molecule has 0 radical (unpaired) electrons. The van der Waals surface area contributed by atoms with Crippen LogP contribution in [0.3, 0.4) is 0 Å². The molecule has 0 aliphatic carbocycles. The molecule has 2 amide bonds. The Morgan fingerprint density at radius 1 is 1.20 bits per heavy atom. The van der Waals surface area contributed by atoms with E-state index in [1.807, 2.05) is 25.7 Å². The van der Waals surface area contributed by atoms with E-state index in [0.717, 1.165) is 25.7 Å². The third-order valence-electron chi connectivity index (χ3n) is 4.82. The molecule has 116 valence electrons. The van der Waals surface area contributed by atoms with Crippen LogP contribution in [0.1, 0.15) is 66.7 Å². The van der Waals surface area contributed by atoms with Gasteiger partial charge in [-0.2, -0.15) is 0 Å². The number of carbonyl (C=O) groups is 2. The first-order valence-corrected chi connectivity index (χ1v) is 8.06. The average molecular weight is 282 g/mol. The summed E-state index contributed by atoms with van der Waals surface area (Å²) in [5.41, 5.74) is -0.691. The summed E-state index contributed by atoms with van der Waals surface area (Å²) in [6, 6.07) is -0.332. The third kappa shape index (κ3) is 3.15. The van der Waals surface area contributed by atoms with Crippen LogP contribution < -0.4 is 5.32 Å². The molecule has 1 aliphatic heterocycles. The predicted molar refractivity (Wildman–Crippen MR) is 81.3 cm³/mol. The first kappa shape index (κ1) is 17.0. The molecule has 1 saturated heterocycles. The number of rotatable bonds is 7. The fraction of sp³-hybridized carbons (Fsp3) is 0.875. The van der Waals surface area contributed by atoms with E-state index in [1.165, 1.54) is 0 Å². The zero-order valence-electron chi connectivity index (χ0n) is 13.7. The molecule has 0 aromatic heterocycles. The fourth-order valence-corrected chi connectivity index (χ4v) is 2.86. The topological polar surface area (TPSA) is 49.4 Å². The molecule has 4 heteroatoms. The lowest BCUT2D eigenvalue weighted by Crippen LogP contribution is -2.69. The molecule has 2 unspecified atom stereocenters. The molecule has 4 nitrogen and oxygen atoms in total. The van der Waals surface area contributed by atoms with Gasteiger partial charge >= 0.3 is 0 Å². The molecule has 0 aromatic rings. The minimum absolute atomic E-state index is 0.00371. The van der Waals surface area contributed by atoms with E-state index in [4.69, 9.17) is 0 Å². The Morgan fingerprint density at radius 2 is 1.80 bits per heavy atom. The van der Waals surface area contributed by atoms with Gasteiger partial charge in [0.25, 0.3) is 0 Å². The van der Waals surface area contributed by atoms with E-state index in [-0.39, 0.29) is 17.9 Å². The van der Waals surface area contributed by atoms with Gasteiger partial charge in [-0.3, -0.25) is 9.59 Å². The lowest BCUT2D eigenvalue weighted by atomic mass is 9.87. The van der Waals surface area contributed by atoms with E-state index in [0.29, 0.717) is 18.9 Å². The highest BCUT2D eigenvalue weighted by molar-refractivity contribution is 5.99. The highest BCUT2D eigenvalue weighted by Crippen LogP contribution is 2.28. The van der Waals surface area contributed by atoms with Crippen molar-refractivity contribution in [3.8, 4) is 0 Å². The van der Waals surface area contributed by atoms with Gasteiger partial charge < -0.3 is 10.2 Å². The van der Waals surface area contributed by atoms with Gasteiger partial charge in [0, 0.05) is 6.54 Å². The summed E-state index contributed by atoms with van der Waals surface area (Å²) in [6.07, 6.45) is 4.37. The summed E-state index contributed by atoms with van der Waals surface area (Å²) in [6.45, 7) is 10.9. The number of amides is 2. The van der Waals surface area contributed by atoms with Crippen LogP contribution in [0.4, 0.5) is 0 Å². The van der Waals surface area contributed by atoms with E-state index < -0.39 is 5.54 Å². The van der Waals surface area contributed by atoms with E-state index in [2.05, 4.69) is 19.2 Å². The molecular weight excluding hydrogens is 252 g/mol. The first-order chi connectivity index (χ1) is 9.44. The maximum Gasteiger partial charge on any atom is 0.246 e. The normalized spacial score (nSPS) is 27.1. The highest BCUT2D eigenvalue weighted by Gasteiger charge is 2.48. The molecule has 0 aromatic carbocycles. The van der Waals surface area contributed by atoms with Crippen LogP contribution in [0, 0.1) is 5.92 Å². The van der Waals surface area contributed by atoms with Crippen LogP contribution in [0.25, 0.3) is 0 Å². The largest absolute Gasteiger partial charge is 0.342 e. The minimum atomic E-state index is -0.691. The summed E-state index contributed by atoms with van der Waals surface area (Å²) < 4.78 is 0. The molecule has 0 bridgehead atoms. The lowest BCUT2D eigenvalue weighted by molar-refractivity contribution is -0.157. The summed E-state index contributed by atoms with van der Waals surface area (Å²) in [5, 5.41) is 2.92. The molecule has 0 saturated carbocycles. The van der Waals surface area contributed by atoms with Gasteiger partial charge in [-0.15, -0.1) is 0 Å². The standard InChI is InChI=1S/C16H30N2O2/c1-6-10-13-14(19)18(11-12(7-2)8-3)16(5,9-4)15(20)17-13/h12-13H,6-11H2,1-5H3,(H,17,20). The predicted octanol–water partition coefficient (Wildman–Crippen LogP) is 2.72. The fourth-order valence-electron chi connectivity index (χ4n) is 2.86. The van der Waals surface area contributed by atoms with Crippen LogP contribution in [0.15, 0.2) is 0 Å². The smallest absolute Gasteiger partial charge is 0.246 e. The van der Waals surface area contributed by atoms with Gasteiger partial charge in [0.05, 0.1) is 0 Å². The van der Waals surface area contributed by atoms with Crippen molar-refractivity contribution in [3.05, 3.63) is 0 Å². The van der Waals surface area contributed by atoms with Crippen molar-refractivity contribution in [3.63, 3.8) is 0 Å². The van der Waals surface area contributed by atoms with Gasteiger partial charge in [0.15, 0.2) is 0 Å². The van der Waals surface area contributed by atoms with Crippen LogP contribution in [-0.4, -0.2) is 34.8 Å². The van der Waals surface area contributed by atoms with Crippen LogP contribution >= 0.6 is 0 Å². The number of carbonyl (C=O) groups excluding carboxylic acids is 2. The SMILES string of the molecule is CCCC1NC(=O)C(C)(CC)N(CC(CC)CC)C1=O. The van der Waals surface area contributed by atoms with Gasteiger partial charge in [-0.25, -0.2) is 0 Å². The maximum absolute atomic E-state index is 12.7. The van der Waals surface area contributed by atoms with Crippen molar-refractivity contribution in [1.29, 1.82) is 0 Å². The second-order valence-corrected chi connectivity index (χ2v) is 6.07. The number of nitrogens with one attached hydrogen (secondary N) is 1. The van der Waals surface area contributed by atoms with Gasteiger partial charge in [0.1, 0.15) is 11.6 Å². The molecule has 1 rings (SSSR count). The van der Waals surface area contributed by atoms with Gasteiger partial charge in [0.2, 0.25) is 11.8 Å². The Labute approximate surface area is 123 Å². The molecule has 1 heterocycles. The number of hydrogen-bond acceptors (Lipinski definition) is 2. The molecule has 20 heavy (non-hydrogen) atoms. The van der Waals surface area contributed by atoms with Crippen molar-refractivity contribution in [1.82, 2.24) is 10.2 Å². The van der Waals surface area contributed by atoms with Crippen LogP contribution in [0.5, 0.6) is 0 Å². The number of nitrogens with zero attached hydrogens (tertiary/aromatic N) is 1. The van der Waals surface area contributed by atoms with Crippen molar-refractivity contribution in [2.75, 3.05) is 6.54 Å². The zero-order valence-corrected chi connectivity index (χ0v) is 13.7. The maximum atomic E-state index is 12.7. The first-order valence-electron chi connectivity index (χ1n) is 8.06. The average Bonchev–Trinajstić information content (AvgIpc) is 2.45.